The maximum absolute atomic E-state index is 4.20. The van der Waals surface area contributed by atoms with Crippen LogP contribution in [0.5, 0.6) is 0 Å². The minimum absolute atomic E-state index is 0.464. The van der Waals surface area contributed by atoms with Gasteiger partial charge < -0.3 is 0 Å². The van der Waals surface area contributed by atoms with Crippen molar-refractivity contribution in [2.24, 2.45) is 0 Å². The monoisotopic (exact) mass is 252 g/mol. The van der Waals surface area contributed by atoms with Gasteiger partial charge >= 0.3 is 0 Å². The second kappa shape index (κ2) is 3.55. The van der Waals surface area contributed by atoms with Gasteiger partial charge in [-0.2, -0.15) is 4.52 Å². The summed E-state index contributed by atoms with van der Waals surface area (Å²) in [5.74, 6) is 0.464. The summed E-state index contributed by atoms with van der Waals surface area (Å²) in [4.78, 5) is 4.20. The Kier molecular flexibility index (Phi) is 1.88. The minimum atomic E-state index is 0.464. The zero-order valence-electron chi connectivity index (χ0n) is 9.96. The lowest BCUT2D eigenvalue weighted by molar-refractivity contribution is 0.763. The fourth-order valence-electron chi connectivity index (χ4n) is 2.06. The third kappa shape index (κ3) is 1.33. The number of aryl methyl sites for hydroxylation is 1. The molecule has 0 radical (unpaired) electrons. The largest absolute Gasteiger partial charge is 0.273 e. The lowest BCUT2D eigenvalue weighted by Crippen LogP contribution is -2.06. The van der Waals surface area contributed by atoms with Gasteiger partial charge in [-0.05, 0) is 29.5 Å². The van der Waals surface area contributed by atoms with Crippen LogP contribution in [0.4, 0.5) is 0 Å². The molecule has 0 atom stereocenters. The van der Waals surface area contributed by atoms with Crippen LogP contribution >= 0.6 is 0 Å². The predicted octanol–water partition coefficient (Wildman–Crippen LogP) is 0.562. The number of tetrazole rings is 1. The fourth-order valence-corrected chi connectivity index (χ4v) is 2.06. The van der Waals surface area contributed by atoms with E-state index in [9.17, 15) is 0 Å². The van der Waals surface area contributed by atoms with Crippen molar-refractivity contribution in [1.29, 1.82) is 0 Å². The Morgan fingerprint density at radius 3 is 2.89 bits per heavy atom. The standard InChI is InChI=1S/C11H8N8/c1-7-10(6-12-11-14-15-17-18(7)11)19-9-5-3-2-4-8(9)13-16-19/h2-6H,1H3. The third-order valence-corrected chi connectivity index (χ3v) is 3.02. The van der Waals surface area contributed by atoms with Gasteiger partial charge in [0.25, 0.3) is 5.78 Å². The van der Waals surface area contributed by atoms with Gasteiger partial charge in [-0.25, -0.2) is 9.67 Å². The van der Waals surface area contributed by atoms with Crippen molar-refractivity contribution in [3.63, 3.8) is 0 Å². The molecule has 0 unspecified atom stereocenters. The van der Waals surface area contributed by atoms with Crippen LogP contribution in [0, 0.1) is 6.92 Å². The Hall–Kier alpha value is -2.90. The molecule has 0 saturated heterocycles. The normalized spacial score (nSPS) is 11.4. The second-order valence-electron chi connectivity index (χ2n) is 4.11. The van der Waals surface area contributed by atoms with Crippen molar-refractivity contribution < 1.29 is 0 Å². The Morgan fingerprint density at radius 1 is 1.05 bits per heavy atom. The molecule has 0 bridgehead atoms. The van der Waals surface area contributed by atoms with Gasteiger partial charge in [0.2, 0.25) is 0 Å². The lowest BCUT2D eigenvalue weighted by Gasteiger charge is -2.05. The molecular formula is C11H8N8. The van der Waals surface area contributed by atoms with E-state index in [2.05, 4.69) is 30.8 Å². The molecule has 0 N–H and O–H groups in total. The molecule has 8 heteroatoms. The van der Waals surface area contributed by atoms with Crippen molar-refractivity contribution in [2.75, 3.05) is 0 Å². The third-order valence-electron chi connectivity index (χ3n) is 3.02. The smallest absolute Gasteiger partial charge is 0.216 e. The zero-order valence-corrected chi connectivity index (χ0v) is 9.96. The molecule has 0 aliphatic rings. The highest BCUT2D eigenvalue weighted by Gasteiger charge is 2.12. The molecule has 3 aromatic heterocycles. The van der Waals surface area contributed by atoms with Crippen LogP contribution in [0.15, 0.2) is 30.5 Å². The fraction of sp³-hybridized carbons (Fsp3) is 0.0909. The van der Waals surface area contributed by atoms with Crippen LogP contribution in [0.25, 0.3) is 22.5 Å². The maximum atomic E-state index is 4.20. The van der Waals surface area contributed by atoms with E-state index in [4.69, 9.17) is 0 Å². The summed E-state index contributed by atoms with van der Waals surface area (Å²) < 4.78 is 3.31. The first kappa shape index (κ1) is 10.1. The predicted molar refractivity (Wildman–Crippen MR) is 65.7 cm³/mol. The maximum Gasteiger partial charge on any atom is 0.273 e. The van der Waals surface area contributed by atoms with Gasteiger partial charge in [-0.15, -0.1) is 5.10 Å². The summed E-state index contributed by atoms with van der Waals surface area (Å²) in [6.07, 6.45) is 1.70. The van der Waals surface area contributed by atoms with Crippen molar-refractivity contribution in [3.05, 3.63) is 36.2 Å². The number of benzene rings is 1. The van der Waals surface area contributed by atoms with E-state index in [1.807, 2.05) is 31.2 Å². The second-order valence-corrected chi connectivity index (χ2v) is 4.11. The van der Waals surface area contributed by atoms with E-state index in [-0.39, 0.29) is 0 Å². The number of para-hydroxylation sites is 1. The molecule has 0 saturated carbocycles. The van der Waals surface area contributed by atoms with Gasteiger partial charge in [0, 0.05) is 0 Å². The molecule has 92 valence electrons. The molecule has 4 rings (SSSR count). The number of nitrogens with zero attached hydrogens (tertiary/aromatic N) is 8. The quantitative estimate of drug-likeness (QED) is 0.492. The highest BCUT2D eigenvalue weighted by atomic mass is 15.5. The van der Waals surface area contributed by atoms with Gasteiger partial charge in [-0.3, -0.25) is 0 Å². The zero-order chi connectivity index (χ0) is 12.8. The van der Waals surface area contributed by atoms with Crippen molar-refractivity contribution >= 4 is 16.8 Å². The number of aromatic nitrogens is 8. The van der Waals surface area contributed by atoms with E-state index >= 15 is 0 Å². The molecule has 3 heterocycles. The molecule has 0 aliphatic heterocycles. The summed E-state index contributed by atoms with van der Waals surface area (Å²) in [6.45, 7) is 1.91. The van der Waals surface area contributed by atoms with Crippen LogP contribution < -0.4 is 0 Å². The van der Waals surface area contributed by atoms with Crippen molar-refractivity contribution in [3.8, 4) is 5.69 Å². The number of hydrogen-bond donors (Lipinski definition) is 0. The molecular weight excluding hydrogens is 244 g/mol. The molecule has 4 aromatic rings. The van der Waals surface area contributed by atoms with E-state index < -0.39 is 0 Å². The van der Waals surface area contributed by atoms with Gasteiger partial charge in [0.05, 0.1) is 17.4 Å². The molecule has 0 fully saturated rings. The first-order chi connectivity index (χ1) is 9.34. The first-order valence-electron chi connectivity index (χ1n) is 5.69. The Morgan fingerprint density at radius 2 is 1.95 bits per heavy atom. The van der Waals surface area contributed by atoms with Crippen LogP contribution in [-0.4, -0.2) is 40.0 Å². The average Bonchev–Trinajstić information content (AvgIpc) is 3.06. The van der Waals surface area contributed by atoms with Crippen LogP contribution in [-0.2, 0) is 0 Å². The lowest BCUT2D eigenvalue weighted by atomic mass is 10.3. The Bertz CT molecular complexity index is 890. The Balaban J connectivity index is 2.06. The SMILES string of the molecule is Cc1c(-n2nnc3ccccc32)cnc2nnnn12. The first-order valence-corrected chi connectivity index (χ1v) is 5.69. The minimum Gasteiger partial charge on any atom is -0.216 e. The van der Waals surface area contributed by atoms with Gasteiger partial charge in [-0.1, -0.05) is 22.4 Å². The molecule has 0 spiro atoms. The van der Waals surface area contributed by atoms with Crippen molar-refractivity contribution in [1.82, 2.24) is 40.0 Å². The topological polar surface area (TPSA) is 86.7 Å². The van der Waals surface area contributed by atoms with Gasteiger partial charge in [0.1, 0.15) is 11.2 Å². The molecule has 0 aliphatic carbocycles. The van der Waals surface area contributed by atoms with Crippen molar-refractivity contribution in [2.45, 2.75) is 6.92 Å². The van der Waals surface area contributed by atoms with E-state index in [0.29, 0.717) is 5.78 Å². The molecule has 0 amide bonds. The molecule has 19 heavy (non-hydrogen) atoms. The number of rotatable bonds is 1. The highest BCUT2D eigenvalue weighted by Crippen LogP contribution is 2.18. The average molecular weight is 252 g/mol. The summed E-state index contributed by atoms with van der Waals surface area (Å²) in [5, 5.41) is 19.6. The van der Waals surface area contributed by atoms with E-state index in [1.165, 1.54) is 0 Å². The highest BCUT2D eigenvalue weighted by molar-refractivity contribution is 5.76. The van der Waals surface area contributed by atoms with E-state index in [0.717, 1.165) is 22.4 Å². The Labute approximate surface area is 106 Å². The van der Waals surface area contributed by atoms with Crippen LogP contribution in [0.2, 0.25) is 0 Å². The molecule has 8 nitrogen and oxygen atoms in total. The summed E-state index contributed by atoms with van der Waals surface area (Å²) in [7, 11) is 0. The van der Waals surface area contributed by atoms with Crippen LogP contribution in [0.3, 0.4) is 0 Å². The summed E-state index contributed by atoms with van der Waals surface area (Å²) in [5.41, 5.74) is 3.40. The van der Waals surface area contributed by atoms with Gasteiger partial charge in [0.15, 0.2) is 0 Å². The number of hydrogen-bond acceptors (Lipinski definition) is 6. The summed E-state index contributed by atoms with van der Waals surface area (Å²) in [6, 6.07) is 7.74. The van der Waals surface area contributed by atoms with Crippen LogP contribution in [0.1, 0.15) is 5.69 Å². The number of fused-ring (bicyclic) bond motifs is 2. The molecule has 1 aromatic carbocycles. The summed E-state index contributed by atoms with van der Waals surface area (Å²) >= 11 is 0. The van der Waals surface area contributed by atoms with E-state index in [1.54, 1.807) is 15.4 Å².